The highest BCUT2D eigenvalue weighted by molar-refractivity contribution is 5.10. The molecule has 1 aliphatic rings. The molecule has 0 aromatic carbocycles. The van der Waals surface area contributed by atoms with Gasteiger partial charge in [-0.05, 0) is 36.3 Å². The Bertz CT molecular complexity index is 323. The highest BCUT2D eigenvalue weighted by atomic mass is 14.9. The molecule has 2 rings (SSSR count). The van der Waals surface area contributed by atoms with Gasteiger partial charge in [-0.15, -0.1) is 0 Å². The van der Waals surface area contributed by atoms with Crippen LogP contribution in [0.5, 0.6) is 0 Å². The maximum Gasteiger partial charge on any atom is 0.0220 e. The Morgan fingerprint density at radius 3 is 2.88 bits per heavy atom. The quantitative estimate of drug-likeness (QED) is 0.779. The molecule has 0 saturated heterocycles. The second-order valence-electron chi connectivity index (χ2n) is 5.53. The van der Waals surface area contributed by atoms with Crippen molar-refractivity contribution in [2.75, 3.05) is 6.54 Å². The minimum atomic E-state index is 0.589. The summed E-state index contributed by atoms with van der Waals surface area (Å²) in [6, 6.07) is 2.23. The van der Waals surface area contributed by atoms with Crippen molar-refractivity contribution < 1.29 is 0 Å². The summed E-state index contributed by atoms with van der Waals surface area (Å²) < 4.78 is 2.28. The third kappa shape index (κ3) is 2.88. The van der Waals surface area contributed by atoms with Crippen molar-refractivity contribution in [1.82, 2.24) is 9.88 Å². The van der Waals surface area contributed by atoms with Crippen molar-refractivity contribution in [3.8, 4) is 0 Å². The van der Waals surface area contributed by atoms with Gasteiger partial charge in [0.1, 0.15) is 0 Å². The Morgan fingerprint density at radius 1 is 1.44 bits per heavy atom. The molecule has 1 saturated carbocycles. The molecular weight excluding hydrogens is 196 g/mol. The molecule has 1 aromatic rings. The second kappa shape index (κ2) is 5.05. The number of hydrogen-bond acceptors (Lipinski definition) is 1. The van der Waals surface area contributed by atoms with Crippen LogP contribution in [0, 0.1) is 5.41 Å². The third-order valence-corrected chi connectivity index (χ3v) is 3.74. The topological polar surface area (TPSA) is 17.0 Å². The first kappa shape index (κ1) is 11.7. The summed E-state index contributed by atoms with van der Waals surface area (Å²) in [5.41, 5.74) is 2.00. The maximum atomic E-state index is 3.59. The van der Waals surface area contributed by atoms with Gasteiger partial charge in [-0.1, -0.05) is 20.3 Å². The fourth-order valence-electron chi connectivity index (χ4n) is 2.46. The average Bonchev–Trinajstić information content (AvgIpc) is 2.64. The van der Waals surface area contributed by atoms with E-state index in [9.17, 15) is 0 Å². The van der Waals surface area contributed by atoms with Crippen LogP contribution in [0.1, 0.15) is 45.1 Å². The van der Waals surface area contributed by atoms with Crippen molar-refractivity contribution in [1.29, 1.82) is 0 Å². The molecular formula is C14H24N2. The lowest BCUT2D eigenvalue weighted by Gasteiger charge is -2.38. The number of rotatable bonds is 6. The Morgan fingerprint density at radius 2 is 2.25 bits per heavy atom. The summed E-state index contributed by atoms with van der Waals surface area (Å²) in [4.78, 5) is 0. The molecule has 2 nitrogen and oxygen atoms in total. The molecule has 0 aliphatic heterocycles. The molecule has 1 N–H and O–H groups in total. The van der Waals surface area contributed by atoms with Crippen LogP contribution < -0.4 is 5.32 Å². The van der Waals surface area contributed by atoms with Crippen molar-refractivity contribution >= 4 is 0 Å². The number of hydrogen-bond donors (Lipinski definition) is 1. The van der Waals surface area contributed by atoms with Crippen molar-refractivity contribution in [3.63, 3.8) is 0 Å². The molecule has 16 heavy (non-hydrogen) atoms. The molecule has 90 valence electrons. The van der Waals surface area contributed by atoms with E-state index >= 15 is 0 Å². The van der Waals surface area contributed by atoms with Gasteiger partial charge < -0.3 is 9.88 Å². The van der Waals surface area contributed by atoms with Gasteiger partial charge in [0, 0.05) is 32.0 Å². The Labute approximate surface area is 99.0 Å². The van der Waals surface area contributed by atoms with Gasteiger partial charge in [0.25, 0.3) is 0 Å². The molecule has 0 radical (unpaired) electrons. The van der Waals surface area contributed by atoms with Crippen molar-refractivity contribution in [2.24, 2.45) is 5.41 Å². The Hall–Kier alpha value is -0.760. The van der Waals surface area contributed by atoms with E-state index in [0.29, 0.717) is 5.41 Å². The average molecular weight is 220 g/mol. The standard InChI is InChI=1S/C14H24N2/c1-3-8-16-9-5-13(11-16)10-15-12-14(2)6-4-7-14/h5,9,11,15H,3-4,6-8,10,12H2,1-2H3. The summed E-state index contributed by atoms with van der Waals surface area (Å²) in [6.45, 7) is 7.94. The lowest BCUT2D eigenvalue weighted by atomic mass is 9.70. The van der Waals surface area contributed by atoms with E-state index in [4.69, 9.17) is 0 Å². The van der Waals surface area contributed by atoms with E-state index in [-0.39, 0.29) is 0 Å². The van der Waals surface area contributed by atoms with Gasteiger partial charge in [0.05, 0.1) is 0 Å². The highest BCUT2D eigenvalue weighted by Gasteiger charge is 2.30. The monoisotopic (exact) mass is 220 g/mol. The van der Waals surface area contributed by atoms with Crippen LogP contribution >= 0.6 is 0 Å². The summed E-state index contributed by atoms with van der Waals surface area (Å²) >= 11 is 0. The van der Waals surface area contributed by atoms with Crippen LogP contribution in [-0.2, 0) is 13.1 Å². The zero-order valence-corrected chi connectivity index (χ0v) is 10.6. The van der Waals surface area contributed by atoms with Crippen molar-refractivity contribution in [3.05, 3.63) is 24.0 Å². The Kier molecular flexibility index (Phi) is 3.70. The molecule has 0 bridgehead atoms. The van der Waals surface area contributed by atoms with Gasteiger partial charge >= 0.3 is 0 Å². The highest BCUT2D eigenvalue weighted by Crippen LogP contribution is 2.39. The van der Waals surface area contributed by atoms with Gasteiger partial charge in [-0.2, -0.15) is 0 Å². The van der Waals surface area contributed by atoms with Gasteiger partial charge in [0.2, 0.25) is 0 Å². The largest absolute Gasteiger partial charge is 0.354 e. The van der Waals surface area contributed by atoms with Crippen LogP contribution in [0.4, 0.5) is 0 Å². The molecule has 0 unspecified atom stereocenters. The normalized spacial score (nSPS) is 18.4. The van der Waals surface area contributed by atoms with Crippen LogP contribution in [0.2, 0.25) is 0 Å². The molecule has 1 aromatic heterocycles. The second-order valence-corrected chi connectivity index (χ2v) is 5.53. The molecule has 0 atom stereocenters. The molecule has 1 aliphatic carbocycles. The minimum Gasteiger partial charge on any atom is -0.354 e. The molecule has 0 spiro atoms. The fourth-order valence-corrected chi connectivity index (χ4v) is 2.46. The van der Waals surface area contributed by atoms with Crippen LogP contribution in [0.3, 0.4) is 0 Å². The van der Waals surface area contributed by atoms with E-state index in [1.807, 2.05) is 0 Å². The first-order chi connectivity index (χ1) is 7.72. The van der Waals surface area contributed by atoms with Gasteiger partial charge in [0.15, 0.2) is 0 Å². The first-order valence-electron chi connectivity index (χ1n) is 6.57. The fraction of sp³-hybridized carbons (Fsp3) is 0.714. The number of nitrogens with one attached hydrogen (secondary N) is 1. The smallest absolute Gasteiger partial charge is 0.0220 e. The van der Waals surface area contributed by atoms with Crippen molar-refractivity contribution in [2.45, 2.75) is 52.6 Å². The Balaban J connectivity index is 1.72. The SMILES string of the molecule is CCCn1ccc(CNCC2(C)CCC2)c1. The third-order valence-electron chi connectivity index (χ3n) is 3.74. The number of aromatic nitrogens is 1. The zero-order chi connectivity index (χ0) is 11.4. The summed E-state index contributed by atoms with van der Waals surface area (Å²) in [5, 5.41) is 3.59. The number of nitrogens with zero attached hydrogens (tertiary/aromatic N) is 1. The lowest BCUT2D eigenvalue weighted by molar-refractivity contribution is 0.156. The van der Waals surface area contributed by atoms with E-state index in [1.165, 1.54) is 37.8 Å². The van der Waals surface area contributed by atoms with E-state index in [1.54, 1.807) is 0 Å². The van der Waals surface area contributed by atoms with Crippen LogP contribution in [0.25, 0.3) is 0 Å². The molecule has 1 heterocycles. The van der Waals surface area contributed by atoms with E-state index in [0.717, 1.165) is 13.1 Å². The maximum absolute atomic E-state index is 3.59. The van der Waals surface area contributed by atoms with Crippen LogP contribution in [0.15, 0.2) is 18.5 Å². The zero-order valence-electron chi connectivity index (χ0n) is 10.6. The molecule has 1 fully saturated rings. The lowest BCUT2D eigenvalue weighted by Crippen LogP contribution is -2.36. The van der Waals surface area contributed by atoms with Gasteiger partial charge in [-0.3, -0.25) is 0 Å². The summed E-state index contributed by atoms with van der Waals surface area (Å²) in [6.07, 6.45) is 9.88. The molecule has 0 amide bonds. The first-order valence-corrected chi connectivity index (χ1v) is 6.57. The predicted molar refractivity (Wildman–Crippen MR) is 68.4 cm³/mol. The molecule has 2 heteroatoms. The van der Waals surface area contributed by atoms with E-state index in [2.05, 4.69) is 42.2 Å². The summed E-state index contributed by atoms with van der Waals surface area (Å²) in [5.74, 6) is 0. The predicted octanol–water partition coefficient (Wildman–Crippen LogP) is 3.18. The number of aryl methyl sites for hydroxylation is 1. The minimum absolute atomic E-state index is 0.589. The van der Waals surface area contributed by atoms with Crippen LogP contribution in [-0.4, -0.2) is 11.1 Å². The summed E-state index contributed by atoms with van der Waals surface area (Å²) in [7, 11) is 0. The van der Waals surface area contributed by atoms with E-state index < -0.39 is 0 Å². The van der Waals surface area contributed by atoms with Gasteiger partial charge in [-0.25, -0.2) is 0 Å².